The number of hydrogen-bond donors (Lipinski definition) is 2. The maximum atomic E-state index is 12.8. The number of rotatable bonds is 4. The molecule has 27 heavy (non-hydrogen) atoms. The monoisotopic (exact) mass is 417 g/mol. The summed E-state index contributed by atoms with van der Waals surface area (Å²) in [5.74, 6) is 0.967. The molecule has 1 aromatic rings. The van der Waals surface area contributed by atoms with E-state index in [0.717, 1.165) is 50.4 Å². The molecular weight excluding hydrogens is 389 g/mol. The zero-order valence-electron chi connectivity index (χ0n) is 15.6. The van der Waals surface area contributed by atoms with Crippen molar-refractivity contribution >= 4 is 30.7 Å². The Balaban J connectivity index is 0.00000131. The van der Waals surface area contributed by atoms with E-state index in [0.29, 0.717) is 18.8 Å². The zero-order valence-corrected chi connectivity index (χ0v) is 17.2. The third-order valence-electron chi connectivity index (χ3n) is 5.50. The van der Waals surface area contributed by atoms with Gasteiger partial charge in [-0.25, -0.2) is 0 Å². The number of para-hydroxylation sites is 1. The largest absolute Gasteiger partial charge is 0.493 e. The lowest BCUT2D eigenvalue weighted by Crippen LogP contribution is -2.59. The lowest BCUT2D eigenvalue weighted by molar-refractivity contribution is -0.125. The van der Waals surface area contributed by atoms with E-state index in [9.17, 15) is 4.79 Å². The number of carbonyl (C=O) groups is 1. The van der Waals surface area contributed by atoms with Gasteiger partial charge in [-0.05, 0) is 19.4 Å². The van der Waals surface area contributed by atoms with Crippen LogP contribution in [0.3, 0.4) is 0 Å². The fourth-order valence-corrected chi connectivity index (χ4v) is 4.25. The van der Waals surface area contributed by atoms with E-state index in [-0.39, 0.29) is 42.8 Å². The van der Waals surface area contributed by atoms with Crippen molar-refractivity contribution in [2.75, 3.05) is 32.8 Å². The van der Waals surface area contributed by atoms with Crippen LogP contribution in [0, 0.1) is 0 Å². The van der Waals surface area contributed by atoms with Crippen molar-refractivity contribution in [2.45, 2.75) is 44.0 Å². The summed E-state index contributed by atoms with van der Waals surface area (Å²) < 4.78 is 11.5. The number of amides is 1. The third-order valence-corrected chi connectivity index (χ3v) is 5.50. The molecule has 2 fully saturated rings. The van der Waals surface area contributed by atoms with Gasteiger partial charge >= 0.3 is 0 Å². The first kappa shape index (κ1) is 22.2. The summed E-state index contributed by atoms with van der Waals surface area (Å²) in [6.45, 7) is 5.98. The second kappa shape index (κ2) is 9.94. The van der Waals surface area contributed by atoms with Crippen molar-refractivity contribution < 1.29 is 14.3 Å². The number of nitrogens with zero attached hydrogens (tertiary/aromatic N) is 1. The molecule has 152 valence electrons. The molecule has 3 heterocycles. The molecule has 6 nitrogen and oxygen atoms in total. The molecular formula is C19H29Cl2N3O3. The van der Waals surface area contributed by atoms with Gasteiger partial charge in [-0.3, -0.25) is 9.69 Å². The third kappa shape index (κ3) is 4.87. The average Bonchev–Trinajstić information content (AvgIpc) is 3.04. The van der Waals surface area contributed by atoms with Crippen molar-refractivity contribution in [1.29, 1.82) is 0 Å². The SMILES string of the molecule is CCOC1CC2CNC(C(=O)N[C@@H]3CCOc4ccccc43)CN2C1.Cl.Cl. The molecule has 0 aliphatic carbocycles. The van der Waals surface area contributed by atoms with Crippen molar-refractivity contribution in [3.05, 3.63) is 29.8 Å². The predicted molar refractivity (Wildman–Crippen MR) is 109 cm³/mol. The Bertz CT molecular complexity index is 634. The normalized spacial score (nSPS) is 29.4. The predicted octanol–water partition coefficient (Wildman–Crippen LogP) is 1.92. The number of carbonyl (C=O) groups excluding carboxylic acids is 1. The van der Waals surface area contributed by atoms with Crippen LogP contribution in [0.1, 0.15) is 31.4 Å². The van der Waals surface area contributed by atoms with E-state index in [2.05, 4.69) is 15.5 Å². The topological polar surface area (TPSA) is 62.8 Å². The first-order chi connectivity index (χ1) is 12.2. The quantitative estimate of drug-likeness (QED) is 0.783. The molecule has 4 atom stereocenters. The van der Waals surface area contributed by atoms with Crippen molar-refractivity contribution in [3.63, 3.8) is 0 Å². The summed E-state index contributed by atoms with van der Waals surface area (Å²) in [5.41, 5.74) is 1.08. The second-order valence-corrected chi connectivity index (χ2v) is 7.12. The molecule has 1 amide bonds. The number of piperazine rings is 1. The van der Waals surface area contributed by atoms with E-state index in [1.807, 2.05) is 31.2 Å². The molecule has 4 rings (SSSR count). The fourth-order valence-electron chi connectivity index (χ4n) is 4.25. The van der Waals surface area contributed by atoms with Crippen molar-refractivity contribution in [1.82, 2.24) is 15.5 Å². The fraction of sp³-hybridized carbons (Fsp3) is 0.632. The Morgan fingerprint density at radius 1 is 1.33 bits per heavy atom. The van der Waals surface area contributed by atoms with Crippen molar-refractivity contribution in [3.8, 4) is 5.75 Å². The Hall–Kier alpha value is -1.05. The highest BCUT2D eigenvalue weighted by Gasteiger charge is 2.39. The Labute approximate surface area is 173 Å². The van der Waals surface area contributed by atoms with Gasteiger partial charge in [0.2, 0.25) is 5.91 Å². The van der Waals surface area contributed by atoms with Gasteiger partial charge in [-0.1, -0.05) is 18.2 Å². The van der Waals surface area contributed by atoms with Crippen LogP contribution in [0.4, 0.5) is 0 Å². The molecule has 0 aromatic heterocycles. The first-order valence-electron chi connectivity index (χ1n) is 9.35. The van der Waals surface area contributed by atoms with Crippen LogP contribution in [0.25, 0.3) is 0 Å². The molecule has 1 aromatic carbocycles. The second-order valence-electron chi connectivity index (χ2n) is 7.12. The van der Waals surface area contributed by atoms with Gasteiger partial charge < -0.3 is 20.1 Å². The smallest absolute Gasteiger partial charge is 0.238 e. The van der Waals surface area contributed by atoms with Gasteiger partial charge in [-0.2, -0.15) is 0 Å². The van der Waals surface area contributed by atoms with Crippen LogP contribution in [0.2, 0.25) is 0 Å². The maximum Gasteiger partial charge on any atom is 0.238 e. The van der Waals surface area contributed by atoms with Gasteiger partial charge in [0.15, 0.2) is 0 Å². The van der Waals surface area contributed by atoms with Gasteiger partial charge in [0, 0.05) is 44.3 Å². The molecule has 0 radical (unpaired) electrons. The number of nitrogens with one attached hydrogen (secondary N) is 2. The van der Waals surface area contributed by atoms with E-state index in [1.165, 1.54) is 0 Å². The summed E-state index contributed by atoms with van der Waals surface area (Å²) in [6, 6.07) is 8.33. The lowest BCUT2D eigenvalue weighted by atomic mass is 10.00. The minimum absolute atomic E-state index is 0. The summed E-state index contributed by atoms with van der Waals surface area (Å²) in [4.78, 5) is 15.2. The number of benzene rings is 1. The van der Waals surface area contributed by atoms with Crippen LogP contribution < -0.4 is 15.4 Å². The highest BCUT2D eigenvalue weighted by Crippen LogP contribution is 2.31. The molecule has 3 aliphatic rings. The first-order valence-corrected chi connectivity index (χ1v) is 9.35. The van der Waals surface area contributed by atoms with Gasteiger partial charge in [0.05, 0.1) is 24.8 Å². The van der Waals surface area contributed by atoms with Crippen LogP contribution in [-0.2, 0) is 9.53 Å². The summed E-state index contributed by atoms with van der Waals surface area (Å²) in [7, 11) is 0. The average molecular weight is 418 g/mol. The van der Waals surface area contributed by atoms with Gasteiger partial charge in [0.25, 0.3) is 0 Å². The van der Waals surface area contributed by atoms with Crippen molar-refractivity contribution in [2.24, 2.45) is 0 Å². The van der Waals surface area contributed by atoms with E-state index < -0.39 is 0 Å². The number of hydrogen-bond acceptors (Lipinski definition) is 5. The van der Waals surface area contributed by atoms with E-state index in [1.54, 1.807) is 0 Å². The minimum atomic E-state index is -0.161. The van der Waals surface area contributed by atoms with Gasteiger partial charge in [-0.15, -0.1) is 24.8 Å². The lowest BCUT2D eigenvalue weighted by Gasteiger charge is -2.36. The minimum Gasteiger partial charge on any atom is -0.493 e. The molecule has 0 spiro atoms. The van der Waals surface area contributed by atoms with Crippen LogP contribution in [0.5, 0.6) is 5.75 Å². The molecule has 2 saturated heterocycles. The highest BCUT2D eigenvalue weighted by atomic mass is 35.5. The van der Waals surface area contributed by atoms with E-state index in [4.69, 9.17) is 9.47 Å². The number of fused-ring (bicyclic) bond motifs is 2. The Morgan fingerprint density at radius 3 is 2.96 bits per heavy atom. The number of halogens is 2. The summed E-state index contributed by atoms with van der Waals surface area (Å²) in [5, 5.41) is 6.65. The Kier molecular flexibility index (Phi) is 8.19. The zero-order chi connectivity index (χ0) is 17.2. The summed E-state index contributed by atoms with van der Waals surface area (Å²) in [6.07, 6.45) is 2.18. The molecule has 8 heteroatoms. The molecule has 2 N–H and O–H groups in total. The van der Waals surface area contributed by atoms with Crippen LogP contribution >= 0.6 is 24.8 Å². The van der Waals surface area contributed by atoms with Crippen LogP contribution in [-0.4, -0.2) is 61.8 Å². The maximum absolute atomic E-state index is 12.8. The molecule has 3 unspecified atom stereocenters. The van der Waals surface area contributed by atoms with Crippen LogP contribution in [0.15, 0.2) is 24.3 Å². The molecule has 3 aliphatic heterocycles. The standard InChI is InChI=1S/C19H27N3O3.2ClH/c1-2-24-14-9-13-10-20-17(12-22(13)11-14)19(23)21-16-7-8-25-18-6-4-3-5-15(16)18;;/h3-6,13-14,16-17,20H,2,7-12H2,1H3,(H,21,23);2*1H/t13?,14?,16-,17?;;/m1../s1. The highest BCUT2D eigenvalue weighted by molar-refractivity contribution is 5.85. The summed E-state index contributed by atoms with van der Waals surface area (Å²) >= 11 is 0. The number of ether oxygens (including phenoxy) is 2. The molecule has 0 saturated carbocycles. The van der Waals surface area contributed by atoms with Gasteiger partial charge in [0.1, 0.15) is 5.75 Å². The van der Waals surface area contributed by atoms with E-state index >= 15 is 0 Å². The Morgan fingerprint density at radius 2 is 2.15 bits per heavy atom. The molecule has 0 bridgehead atoms.